The highest BCUT2D eigenvalue weighted by atomic mass is 16.6. The van der Waals surface area contributed by atoms with Crippen LogP contribution in [0.1, 0.15) is 43.2 Å². The summed E-state index contributed by atoms with van der Waals surface area (Å²) in [5.41, 5.74) is 0.194. The Balaban J connectivity index is 2.39. The molecule has 0 aromatic carbocycles. The van der Waals surface area contributed by atoms with E-state index >= 15 is 0 Å². The first-order chi connectivity index (χ1) is 9.29. The van der Waals surface area contributed by atoms with Crippen LogP contribution in [0.3, 0.4) is 0 Å². The number of alkyl carbamates (subject to hydrolysis) is 1. The molecule has 0 aliphatic heterocycles. The summed E-state index contributed by atoms with van der Waals surface area (Å²) >= 11 is 0. The number of carbonyl (C=O) groups is 2. The van der Waals surface area contributed by atoms with Crippen molar-refractivity contribution < 1.29 is 19.4 Å². The van der Waals surface area contributed by atoms with Gasteiger partial charge in [0.2, 0.25) is 0 Å². The van der Waals surface area contributed by atoms with Crippen LogP contribution in [0, 0.1) is 0 Å². The van der Waals surface area contributed by atoms with E-state index in [-0.39, 0.29) is 5.69 Å². The second-order valence-corrected chi connectivity index (χ2v) is 5.35. The fraction of sp³-hybridized carbons (Fsp3) is 0.500. The van der Waals surface area contributed by atoms with Gasteiger partial charge in [-0.15, -0.1) is 0 Å². The number of nitrogens with one attached hydrogen (secondary N) is 1. The molecule has 0 atom stereocenters. The van der Waals surface area contributed by atoms with Crippen LogP contribution < -0.4 is 5.32 Å². The van der Waals surface area contributed by atoms with Gasteiger partial charge in [0.05, 0.1) is 0 Å². The van der Waals surface area contributed by atoms with Gasteiger partial charge in [-0.25, -0.2) is 14.6 Å². The predicted octanol–water partition coefficient (Wildman–Crippen LogP) is 2.24. The van der Waals surface area contributed by atoms with Crippen molar-refractivity contribution in [3.63, 3.8) is 0 Å². The Labute approximate surface area is 118 Å². The molecule has 0 spiro atoms. The van der Waals surface area contributed by atoms with Gasteiger partial charge in [0, 0.05) is 12.7 Å². The number of rotatable bonds is 5. The number of ether oxygens (including phenoxy) is 1. The summed E-state index contributed by atoms with van der Waals surface area (Å²) in [6, 6.07) is 3.42. The molecule has 0 aliphatic carbocycles. The van der Waals surface area contributed by atoms with Crippen LogP contribution in [0.2, 0.25) is 0 Å². The third-order valence-corrected chi connectivity index (χ3v) is 2.38. The number of aromatic nitrogens is 1. The predicted molar refractivity (Wildman–Crippen MR) is 73.8 cm³/mol. The van der Waals surface area contributed by atoms with Crippen LogP contribution in [-0.4, -0.2) is 34.3 Å². The molecule has 1 heterocycles. The zero-order chi connectivity index (χ0) is 15.2. The summed E-state index contributed by atoms with van der Waals surface area (Å²) < 4.78 is 5.10. The van der Waals surface area contributed by atoms with E-state index in [4.69, 9.17) is 9.84 Å². The lowest BCUT2D eigenvalue weighted by atomic mass is 10.1. The highest BCUT2D eigenvalue weighted by Gasteiger charge is 2.15. The Morgan fingerprint density at radius 2 is 2.10 bits per heavy atom. The second kappa shape index (κ2) is 6.88. The van der Waals surface area contributed by atoms with Crippen LogP contribution in [0.4, 0.5) is 4.79 Å². The molecule has 0 fully saturated rings. The third kappa shape index (κ3) is 5.69. The molecule has 110 valence electrons. The number of aromatic carboxylic acids is 1. The Bertz CT molecular complexity index is 480. The molecule has 6 nitrogen and oxygen atoms in total. The highest BCUT2D eigenvalue weighted by molar-refractivity contribution is 5.86. The van der Waals surface area contributed by atoms with Crippen LogP contribution in [-0.2, 0) is 11.2 Å². The maximum Gasteiger partial charge on any atom is 0.407 e. The van der Waals surface area contributed by atoms with E-state index in [9.17, 15) is 9.59 Å². The Hall–Kier alpha value is -2.11. The van der Waals surface area contributed by atoms with Gasteiger partial charge in [0.1, 0.15) is 5.60 Å². The van der Waals surface area contributed by atoms with Gasteiger partial charge in [-0.1, -0.05) is 6.07 Å². The largest absolute Gasteiger partial charge is 0.477 e. The molecule has 2 N–H and O–H groups in total. The number of carbonyl (C=O) groups excluding carboxylic acids is 1. The molecule has 6 heteroatoms. The zero-order valence-corrected chi connectivity index (χ0v) is 12.0. The number of hydrogen-bond donors (Lipinski definition) is 2. The number of aryl methyl sites for hydroxylation is 1. The van der Waals surface area contributed by atoms with Crippen LogP contribution >= 0.6 is 0 Å². The fourth-order valence-electron chi connectivity index (χ4n) is 1.62. The van der Waals surface area contributed by atoms with Crippen LogP contribution in [0.5, 0.6) is 0 Å². The summed E-state index contributed by atoms with van der Waals surface area (Å²) in [6.07, 6.45) is 2.13. The third-order valence-electron chi connectivity index (χ3n) is 2.38. The summed E-state index contributed by atoms with van der Waals surface area (Å²) in [6.45, 7) is 5.80. The molecular weight excluding hydrogens is 260 g/mol. The number of hydrogen-bond acceptors (Lipinski definition) is 4. The minimum atomic E-state index is -1.04. The average molecular weight is 280 g/mol. The summed E-state index contributed by atoms with van der Waals surface area (Å²) in [7, 11) is 0. The number of carboxylic acid groups (broad SMARTS) is 1. The molecule has 0 unspecified atom stereocenters. The van der Waals surface area contributed by atoms with Crippen molar-refractivity contribution in [3.8, 4) is 0 Å². The maximum absolute atomic E-state index is 11.4. The first-order valence-corrected chi connectivity index (χ1v) is 6.43. The molecule has 0 saturated carbocycles. The van der Waals surface area contributed by atoms with E-state index in [1.54, 1.807) is 32.9 Å². The molecule has 1 aromatic heterocycles. The Morgan fingerprint density at radius 1 is 1.40 bits per heavy atom. The second-order valence-electron chi connectivity index (χ2n) is 5.35. The topological polar surface area (TPSA) is 88.5 Å². The SMILES string of the molecule is CC(C)(C)OC(=O)NCCCc1cccnc1C(=O)O. The van der Waals surface area contributed by atoms with Gasteiger partial charge < -0.3 is 15.2 Å². The van der Waals surface area contributed by atoms with Crippen molar-refractivity contribution in [1.82, 2.24) is 10.3 Å². The minimum Gasteiger partial charge on any atom is -0.477 e. The van der Waals surface area contributed by atoms with Crippen LogP contribution in [0.25, 0.3) is 0 Å². The van der Waals surface area contributed by atoms with Crippen LogP contribution in [0.15, 0.2) is 18.3 Å². The molecule has 0 bridgehead atoms. The number of nitrogens with zero attached hydrogens (tertiary/aromatic N) is 1. The molecule has 1 rings (SSSR count). The molecule has 0 aliphatic rings. The van der Waals surface area contributed by atoms with E-state index in [0.717, 1.165) is 0 Å². The van der Waals surface area contributed by atoms with E-state index in [1.165, 1.54) is 6.20 Å². The van der Waals surface area contributed by atoms with Gasteiger partial charge in [-0.3, -0.25) is 0 Å². The van der Waals surface area contributed by atoms with Crippen molar-refractivity contribution in [2.75, 3.05) is 6.54 Å². The summed E-state index contributed by atoms with van der Waals surface area (Å²) in [5, 5.41) is 11.6. The Kier molecular flexibility index (Phi) is 5.49. The highest BCUT2D eigenvalue weighted by Crippen LogP contribution is 2.09. The van der Waals surface area contributed by atoms with E-state index in [0.29, 0.717) is 24.9 Å². The van der Waals surface area contributed by atoms with E-state index in [2.05, 4.69) is 10.3 Å². The van der Waals surface area contributed by atoms with E-state index in [1.807, 2.05) is 0 Å². The van der Waals surface area contributed by atoms with Gasteiger partial charge in [0.25, 0.3) is 0 Å². The van der Waals surface area contributed by atoms with Gasteiger partial charge in [-0.2, -0.15) is 0 Å². The zero-order valence-electron chi connectivity index (χ0n) is 12.0. The lowest BCUT2D eigenvalue weighted by Gasteiger charge is -2.19. The smallest absolute Gasteiger partial charge is 0.407 e. The fourth-order valence-corrected chi connectivity index (χ4v) is 1.62. The van der Waals surface area contributed by atoms with Gasteiger partial charge >= 0.3 is 12.1 Å². The van der Waals surface area contributed by atoms with Crippen molar-refractivity contribution in [2.45, 2.75) is 39.2 Å². The van der Waals surface area contributed by atoms with Crippen molar-refractivity contribution in [3.05, 3.63) is 29.6 Å². The molecule has 0 radical (unpaired) electrons. The molecule has 1 amide bonds. The molecule has 20 heavy (non-hydrogen) atoms. The lowest BCUT2D eigenvalue weighted by molar-refractivity contribution is 0.0526. The molecular formula is C14H20N2O4. The molecule has 1 aromatic rings. The number of amides is 1. The minimum absolute atomic E-state index is 0.0600. The van der Waals surface area contributed by atoms with Crippen molar-refractivity contribution in [1.29, 1.82) is 0 Å². The van der Waals surface area contributed by atoms with Crippen molar-refractivity contribution in [2.24, 2.45) is 0 Å². The number of carboxylic acids is 1. The lowest BCUT2D eigenvalue weighted by Crippen LogP contribution is -2.33. The maximum atomic E-state index is 11.4. The first kappa shape index (κ1) is 15.9. The molecule has 0 saturated heterocycles. The van der Waals surface area contributed by atoms with Gasteiger partial charge in [0.15, 0.2) is 5.69 Å². The van der Waals surface area contributed by atoms with Crippen molar-refractivity contribution >= 4 is 12.1 Å². The summed E-state index contributed by atoms with van der Waals surface area (Å²) in [4.78, 5) is 26.2. The quantitative estimate of drug-likeness (QED) is 0.807. The summed E-state index contributed by atoms with van der Waals surface area (Å²) in [5.74, 6) is -1.04. The average Bonchev–Trinajstić information content (AvgIpc) is 2.33. The standard InChI is InChI=1S/C14H20N2O4/c1-14(2,3)20-13(19)16-9-5-7-10-6-4-8-15-11(10)12(17)18/h4,6,8H,5,7,9H2,1-3H3,(H,16,19)(H,17,18). The Morgan fingerprint density at radius 3 is 2.70 bits per heavy atom. The number of pyridine rings is 1. The first-order valence-electron chi connectivity index (χ1n) is 6.43. The monoisotopic (exact) mass is 280 g/mol. The normalized spacial score (nSPS) is 10.9. The van der Waals surface area contributed by atoms with Gasteiger partial charge in [-0.05, 0) is 45.2 Å². The van der Waals surface area contributed by atoms with E-state index < -0.39 is 17.7 Å².